The molecule has 0 amide bonds. The quantitative estimate of drug-likeness (QED) is 0.443. The van der Waals surface area contributed by atoms with Crippen molar-refractivity contribution in [2.75, 3.05) is 31.9 Å². The zero-order valence-corrected chi connectivity index (χ0v) is 19.4. The molecule has 0 radical (unpaired) electrons. The van der Waals surface area contributed by atoms with Gasteiger partial charge in [0.2, 0.25) is 10.0 Å². The summed E-state index contributed by atoms with van der Waals surface area (Å²) in [4.78, 5) is 5.89. The van der Waals surface area contributed by atoms with Crippen LogP contribution in [0.25, 0.3) is 0 Å². The van der Waals surface area contributed by atoms with Crippen LogP contribution >= 0.6 is 0 Å². The van der Waals surface area contributed by atoms with Crippen molar-refractivity contribution in [3.8, 4) is 0 Å². The molecule has 0 aliphatic carbocycles. The first kappa shape index (κ1) is 24.3. The molecule has 0 saturated carbocycles. The highest BCUT2D eigenvalue weighted by Gasteiger charge is 2.37. The number of sulfonamides is 1. The van der Waals surface area contributed by atoms with E-state index >= 15 is 0 Å². The highest BCUT2D eigenvalue weighted by molar-refractivity contribution is 7.89. The first-order valence-electron chi connectivity index (χ1n) is 10.7. The Bertz CT molecular complexity index is 1210. The van der Waals surface area contributed by atoms with Crippen molar-refractivity contribution in [1.29, 1.82) is 0 Å². The molecule has 4 rings (SSSR count). The Morgan fingerprint density at radius 3 is 2.53 bits per heavy atom. The van der Waals surface area contributed by atoms with Crippen LogP contribution in [0.2, 0.25) is 0 Å². The Morgan fingerprint density at radius 1 is 1.15 bits per heavy atom. The van der Waals surface area contributed by atoms with Gasteiger partial charge in [-0.05, 0) is 12.5 Å². The zero-order valence-electron chi connectivity index (χ0n) is 18.6. The number of aromatic nitrogens is 6. The summed E-state index contributed by atoms with van der Waals surface area (Å²) in [5.41, 5.74) is -2.14. The maximum absolute atomic E-state index is 14.6. The topological polar surface area (TPSA) is 122 Å². The van der Waals surface area contributed by atoms with E-state index in [4.69, 9.17) is 0 Å². The molecule has 0 spiro atoms. The van der Waals surface area contributed by atoms with Gasteiger partial charge >= 0.3 is 0 Å². The van der Waals surface area contributed by atoms with E-state index in [0.29, 0.717) is 25.7 Å². The van der Waals surface area contributed by atoms with Gasteiger partial charge in [0.1, 0.15) is 42.0 Å². The minimum absolute atomic E-state index is 0.201. The smallest absolute Gasteiger partial charge is 0.214 e. The van der Waals surface area contributed by atoms with E-state index in [-0.39, 0.29) is 31.6 Å². The Labute approximate surface area is 195 Å². The predicted molar refractivity (Wildman–Crippen MR) is 117 cm³/mol. The van der Waals surface area contributed by atoms with Gasteiger partial charge in [-0.2, -0.15) is 9.40 Å². The van der Waals surface area contributed by atoms with Crippen LogP contribution in [0.15, 0.2) is 37.2 Å². The third-order valence-electron chi connectivity index (χ3n) is 5.99. The molecule has 0 unspecified atom stereocenters. The van der Waals surface area contributed by atoms with Crippen LogP contribution < -0.4 is 0 Å². The van der Waals surface area contributed by atoms with E-state index < -0.39 is 33.0 Å². The third kappa shape index (κ3) is 5.46. The number of rotatable bonds is 9. The van der Waals surface area contributed by atoms with Gasteiger partial charge in [0.05, 0.1) is 18.8 Å². The van der Waals surface area contributed by atoms with Crippen LogP contribution in [0, 0.1) is 11.6 Å². The molecule has 1 saturated heterocycles. The molecule has 14 heteroatoms. The van der Waals surface area contributed by atoms with E-state index in [1.807, 2.05) is 11.6 Å². The molecule has 1 N–H and O–H groups in total. The maximum Gasteiger partial charge on any atom is 0.214 e. The van der Waals surface area contributed by atoms with Crippen LogP contribution in [0.1, 0.15) is 17.8 Å². The normalized spacial score (nSPS) is 17.6. The van der Waals surface area contributed by atoms with E-state index in [2.05, 4.69) is 25.2 Å². The summed E-state index contributed by atoms with van der Waals surface area (Å²) >= 11 is 0. The summed E-state index contributed by atoms with van der Waals surface area (Å²) in [5, 5.41) is 23.2. The lowest BCUT2D eigenvalue weighted by Crippen LogP contribution is -2.49. The van der Waals surface area contributed by atoms with Crippen molar-refractivity contribution in [3.63, 3.8) is 0 Å². The first-order chi connectivity index (χ1) is 16.2. The summed E-state index contributed by atoms with van der Waals surface area (Å²) in [6, 6.07) is 2.81. The van der Waals surface area contributed by atoms with Crippen molar-refractivity contribution in [1.82, 2.24) is 38.7 Å². The molecule has 184 valence electrons. The van der Waals surface area contributed by atoms with Gasteiger partial charge in [-0.25, -0.2) is 26.9 Å². The predicted octanol–water partition coefficient (Wildman–Crippen LogP) is 0.110. The lowest BCUT2D eigenvalue weighted by atomic mass is 9.90. The summed E-state index contributed by atoms with van der Waals surface area (Å²) in [5.74, 6) is -1.39. The lowest BCUT2D eigenvalue weighted by Gasteiger charge is -2.35. The van der Waals surface area contributed by atoms with Crippen LogP contribution in [0.4, 0.5) is 8.78 Å². The molecule has 1 aromatic carbocycles. The number of halogens is 2. The summed E-state index contributed by atoms with van der Waals surface area (Å²) in [7, 11) is -1.90. The van der Waals surface area contributed by atoms with Gasteiger partial charge in [-0.15, -0.1) is 10.2 Å². The minimum atomic E-state index is -3.75. The maximum atomic E-state index is 14.6. The molecule has 3 aromatic rings. The molecule has 0 bridgehead atoms. The lowest BCUT2D eigenvalue weighted by molar-refractivity contribution is 0.00800. The van der Waals surface area contributed by atoms with Crippen molar-refractivity contribution < 1.29 is 22.3 Å². The second-order valence-corrected chi connectivity index (χ2v) is 10.4. The van der Waals surface area contributed by atoms with E-state index in [9.17, 15) is 22.3 Å². The fourth-order valence-corrected chi connectivity index (χ4v) is 5.56. The Balaban J connectivity index is 1.43. The standard InChI is InChI=1S/C20H26F2N8O3S/c1-27-15-24-26-19(27)11-28-5-7-30(8-6-28)34(32,33)9-4-20(31,12-29-14-23-13-25-29)17-3-2-16(21)10-18(17)22/h2-3,10,13-15,31H,4-9,11-12H2,1H3/t20-/m0/s1. The van der Waals surface area contributed by atoms with Crippen LogP contribution in [-0.2, 0) is 35.8 Å². The first-order valence-corrected chi connectivity index (χ1v) is 12.3. The molecule has 34 heavy (non-hydrogen) atoms. The molecular formula is C20H26F2N8O3S. The summed E-state index contributed by atoms with van der Waals surface area (Å²) in [6.07, 6.45) is 3.88. The summed E-state index contributed by atoms with van der Waals surface area (Å²) < 4.78 is 58.6. The van der Waals surface area contributed by atoms with Crippen LogP contribution in [0.3, 0.4) is 0 Å². The summed E-state index contributed by atoms with van der Waals surface area (Å²) in [6.45, 7) is 1.92. The molecule has 3 heterocycles. The van der Waals surface area contributed by atoms with Gasteiger partial charge in [-0.1, -0.05) is 6.07 Å². The van der Waals surface area contributed by atoms with Gasteiger partial charge < -0.3 is 9.67 Å². The molecule has 11 nitrogen and oxygen atoms in total. The monoisotopic (exact) mass is 496 g/mol. The number of aliphatic hydroxyl groups is 1. The Hall–Kier alpha value is -2.81. The number of nitrogens with zero attached hydrogens (tertiary/aromatic N) is 8. The van der Waals surface area contributed by atoms with E-state index in [0.717, 1.165) is 18.0 Å². The molecule has 1 aliphatic heterocycles. The second-order valence-electron chi connectivity index (χ2n) is 8.35. The van der Waals surface area contributed by atoms with E-state index in [1.54, 1.807) is 6.33 Å². The highest BCUT2D eigenvalue weighted by Crippen LogP contribution is 2.31. The van der Waals surface area contributed by atoms with Gasteiger partial charge in [0, 0.05) is 44.9 Å². The van der Waals surface area contributed by atoms with Gasteiger partial charge in [0.25, 0.3) is 0 Å². The fraction of sp³-hybridized carbons (Fsp3) is 0.500. The zero-order chi connectivity index (χ0) is 24.3. The molecular weight excluding hydrogens is 470 g/mol. The molecule has 1 aliphatic rings. The van der Waals surface area contributed by atoms with Gasteiger partial charge in [-0.3, -0.25) is 4.90 Å². The van der Waals surface area contributed by atoms with Crippen molar-refractivity contribution in [2.24, 2.45) is 7.05 Å². The molecule has 1 fully saturated rings. The van der Waals surface area contributed by atoms with Crippen molar-refractivity contribution in [3.05, 3.63) is 60.2 Å². The van der Waals surface area contributed by atoms with E-state index in [1.165, 1.54) is 21.6 Å². The minimum Gasteiger partial charge on any atom is -0.383 e. The molecule has 1 atom stereocenters. The third-order valence-corrected chi connectivity index (χ3v) is 7.86. The highest BCUT2D eigenvalue weighted by atomic mass is 32.2. The van der Waals surface area contributed by atoms with Gasteiger partial charge in [0.15, 0.2) is 0 Å². The number of piperazine rings is 1. The van der Waals surface area contributed by atoms with Crippen LogP contribution in [0.5, 0.6) is 0 Å². The number of benzene rings is 1. The number of hydrogen-bond donors (Lipinski definition) is 1. The Morgan fingerprint density at radius 2 is 1.91 bits per heavy atom. The average molecular weight is 497 g/mol. The fourth-order valence-electron chi connectivity index (χ4n) is 3.99. The Kier molecular flexibility index (Phi) is 7.02. The largest absolute Gasteiger partial charge is 0.383 e. The average Bonchev–Trinajstić information content (AvgIpc) is 3.44. The molecule has 2 aromatic heterocycles. The van der Waals surface area contributed by atoms with Crippen molar-refractivity contribution >= 4 is 10.0 Å². The number of hydrogen-bond acceptors (Lipinski definition) is 8. The SMILES string of the molecule is Cn1cnnc1CN1CCN(S(=O)(=O)CC[C@](O)(Cn2cncn2)c2ccc(F)cc2F)CC1. The van der Waals surface area contributed by atoms with Crippen LogP contribution in [-0.4, -0.2) is 84.2 Å². The second kappa shape index (κ2) is 9.82. The number of aryl methyl sites for hydroxylation is 1. The van der Waals surface area contributed by atoms with Crippen molar-refractivity contribution in [2.45, 2.75) is 25.1 Å².